The largest absolute Gasteiger partial charge is 0.378 e. The Morgan fingerprint density at radius 2 is 1.93 bits per heavy atom. The minimum absolute atomic E-state index is 0.109. The van der Waals surface area contributed by atoms with Crippen molar-refractivity contribution in [3.63, 3.8) is 0 Å². The summed E-state index contributed by atoms with van der Waals surface area (Å²) in [4.78, 5) is 25.1. The van der Waals surface area contributed by atoms with Crippen molar-refractivity contribution in [3.8, 4) is 0 Å². The summed E-state index contributed by atoms with van der Waals surface area (Å²) in [6.45, 7) is 2.41. The Hall–Kier alpha value is -3.19. The fraction of sp³-hybridized carbons (Fsp3) is 0.250. The van der Waals surface area contributed by atoms with Gasteiger partial charge >= 0.3 is 0 Å². The molecule has 0 aliphatic carbocycles. The average Bonchev–Trinajstić information content (AvgIpc) is 2.72. The molecule has 0 bridgehead atoms. The lowest BCUT2D eigenvalue weighted by Gasteiger charge is -2.26. The van der Waals surface area contributed by atoms with Gasteiger partial charge in [-0.2, -0.15) is 0 Å². The molecule has 0 saturated carbocycles. The minimum Gasteiger partial charge on any atom is -0.378 e. The lowest BCUT2D eigenvalue weighted by molar-refractivity contribution is -0.384. The Morgan fingerprint density at radius 1 is 1.19 bits per heavy atom. The van der Waals surface area contributed by atoms with Gasteiger partial charge in [0.25, 0.3) is 11.6 Å². The third kappa shape index (κ3) is 4.92. The number of anilines is 1. The molecular weight excluding hydrogens is 346 g/mol. The minimum atomic E-state index is -0.473. The molecule has 1 aliphatic heterocycles. The second-order valence-electron chi connectivity index (χ2n) is 6.09. The first-order chi connectivity index (χ1) is 13.1. The quantitative estimate of drug-likeness (QED) is 0.626. The maximum absolute atomic E-state index is 12.5. The zero-order valence-corrected chi connectivity index (χ0v) is 14.8. The Bertz CT molecular complexity index is 830. The molecule has 1 heterocycles. The fourth-order valence-corrected chi connectivity index (χ4v) is 2.84. The van der Waals surface area contributed by atoms with E-state index >= 15 is 0 Å². The summed E-state index contributed by atoms with van der Waals surface area (Å²) in [5.41, 5.74) is 1.65. The maximum atomic E-state index is 12.5. The van der Waals surface area contributed by atoms with Crippen LogP contribution in [-0.4, -0.2) is 48.6 Å². The van der Waals surface area contributed by atoms with Gasteiger partial charge in [0.2, 0.25) is 0 Å². The smallest absolute Gasteiger partial charge is 0.293 e. The molecule has 1 amide bonds. The van der Waals surface area contributed by atoms with Gasteiger partial charge in [-0.15, -0.1) is 0 Å². The molecule has 27 heavy (non-hydrogen) atoms. The van der Waals surface area contributed by atoms with Crippen LogP contribution < -0.4 is 5.32 Å². The molecule has 7 heteroatoms. The van der Waals surface area contributed by atoms with Crippen molar-refractivity contribution in [1.29, 1.82) is 0 Å². The van der Waals surface area contributed by atoms with Crippen LogP contribution in [0.15, 0.2) is 54.6 Å². The van der Waals surface area contributed by atoms with Crippen LogP contribution in [0.2, 0.25) is 0 Å². The molecule has 2 aromatic carbocycles. The van der Waals surface area contributed by atoms with Crippen LogP contribution in [0, 0.1) is 10.1 Å². The van der Waals surface area contributed by atoms with Gasteiger partial charge in [0.15, 0.2) is 0 Å². The Morgan fingerprint density at radius 3 is 2.63 bits per heavy atom. The van der Waals surface area contributed by atoms with Gasteiger partial charge < -0.3 is 15.0 Å². The third-order valence-corrected chi connectivity index (χ3v) is 4.26. The fourth-order valence-electron chi connectivity index (χ4n) is 2.84. The molecule has 1 aliphatic rings. The van der Waals surface area contributed by atoms with E-state index in [1.807, 2.05) is 42.5 Å². The zero-order chi connectivity index (χ0) is 19.1. The first kappa shape index (κ1) is 18.6. The van der Waals surface area contributed by atoms with Crippen molar-refractivity contribution >= 4 is 23.4 Å². The molecule has 1 fully saturated rings. The van der Waals surface area contributed by atoms with Gasteiger partial charge in [-0.25, -0.2) is 0 Å². The third-order valence-electron chi connectivity index (χ3n) is 4.26. The van der Waals surface area contributed by atoms with Crippen molar-refractivity contribution in [2.24, 2.45) is 0 Å². The van der Waals surface area contributed by atoms with Crippen LogP contribution in [0.25, 0.3) is 6.08 Å². The number of nitro groups is 1. The number of nitrogens with one attached hydrogen (secondary N) is 1. The second-order valence-corrected chi connectivity index (χ2v) is 6.09. The van der Waals surface area contributed by atoms with Crippen molar-refractivity contribution in [2.75, 3.05) is 38.2 Å². The topological polar surface area (TPSA) is 84.7 Å². The summed E-state index contributed by atoms with van der Waals surface area (Å²) in [6.07, 6.45) is 3.83. The number of carbonyl (C=O) groups is 1. The lowest BCUT2D eigenvalue weighted by Crippen LogP contribution is -2.40. The highest BCUT2D eigenvalue weighted by atomic mass is 16.6. The predicted octanol–water partition coefficient (Wildman–Crippen LogP) is 3.19. The van der Waals surface area contributed by atoms with Gasteiger partial charge in [-0.05, 0) is 17.7 Å². The molecule has 0 atom stereocenters. The molecule has 1 saturated heterocycles. The number of morpholine rings is 1. The van der Waals surface area contributed by atoms with Crippen LogP contribution in [0.4, 0.5) is 11.4 Å². The van der Waals surface area contributed by atoms with E-state index in [2.05, 4.69) is 5.32 Å². The number of nitro benzene ring substituents is 1. The molecule has 3 rings (SSSR count). The zero-order valence-electron chi connectivity index (χ0n) is 14.8. The summed E-state index contributed by atoms with van der Waals surface area (Å²) in [6, 6.07) is 14.3. The van der Waals surface area contributed by atoms with Crippen molar-refractivity contribution in [1.82, 2.24) is 4.90 Å². The van der Waals surface area contributed by atoms with Crippen molar-refractivity contribution in [2.45, 2.75) is 0 Å². The van der Waals surface area contributed by atoms with Crippen molar-refractivity contribution in [3.05, 3.63) is 75.8 Å². The summed E-state index contributed by atoms with van der Waals surface area (Å²) in [5, 5.41) is 14.5. The van der Waals surface area contributed by atoms with Crippen LogP contribution >= 0.6 is 0 Å². The molecule has 1 N–H and O–H groups in total. The highest BCUT2D eigenvalue weighted by Gasteiger charge is 2.22. The molecule has 0 aromatic heterocycles. The maximum Gasteiger partial charge on any atom is 0.293 e. The summed E-state index contributed by atoms with van der Waals surface area (Å²) >= 11 is 0. The van der Waals surface area contributed by atoms with Crippen LogP contribution in [0.3, 0.4) is 0 Å². The first-order valence-electron chi connectivity index (χ1n) is 8.76. The van der Waals surface area contributed by atoms with E-state index in [0.717, 1.165) is 5.56 Å². The number of hydrogen-bond donors (Lipinski definition) is 1. The summed E-state index contributed by atoms with van der Waals surface area (Å²) in [7, 11) is 0. The molecule has 0 unspecified atom stereocenters. The lowest BCUT2D eigenvalue weighted by atomic mass is 10.1. The van der Waals surface area contributed by atoms with Gasteiger partial charge in [0, 0.05) is 31.3 Å². The number of amides is 1. The SMILES string of the molecule is O=C(c1ccc(NC/C=C/c2ccccc2)c([N+](=O)[O-])c1)N1CCOCC1. The molecule has 0 spiro atoms. The van der Waals surface area contributed by atoms with E-state index in [1.165, 1.54) is 6.07 Å². The Kier molecular flexibility index (Phi) is 6.17. The first-order valence-corrected chi connectivity index (χ1v) is 8.76. The summed E-state index contributed by atoms with van der Waals surface area (Å²) < 4.78 is 5.24. The van der Waals surface area contributed by atoms with Gasteiger partial charge in [-0.1, -0.05) is 42.5 Å². The monoisotopic (exact) mass is 367 g/mol. The van der Waals surface area contributed by atoms with Gasteiger partial charge in [0.05, 0.1) is 18.1 Å². The number of nitrogens with zero attached hydrogens (tertiary/aromatic N) is 2. The standard InChI is InChI=1S/C20H21N3O4/c24-20(22-11-13-27-14-12-22)17-8-9-18(19(15-17)23(25)26)21-10-4-7-16-5-2-1-3-6-16/h1-9,15,21H,10-14H2/b7-4+. The van der Waals surface area contributed by atoms with E-state index in [9.17, 15) is 14.9 Å². The molecule has 0 radical (unpaired) electrons. The van der Waals surface area contributed by atoms with Gasteiger partial charge in [0.1, 0.15) is 5.69 Å². The van der Waals surface area contributed by atoms with E-state index < -0.39 is 4.92 Å². The molecular formula is C20H21N3O4. The number of carbonyl (C=O) groups excluding carboxylic acids is 1. The highest BCUT2D eigenvalue weighted by molar-refractivity contribution is 5.95. The number of rotatable bonds is 6. The normalized spacial score (nSPS) is 14.3. The summed E-state index contributed by atoms with van der Waals surface area (Å²) in [5.74, 6) is -0.211. The molecule has 2 aromatic rings. The van der Waals surface area contributed by atoms with E-state index in [1.54, 1.807) is 17.0 Å². The second kappa shape index (κ2) is 8.95. The average molecular weight is 367 g/mol. The highest BCUT2D eigenvalue weighted by Crippen LogP contribution is 2.26. The Labute approximate surface area is 157 Å². The molecule has 140 valence electrons. The van der Waals surface area contributed by atoms with Crippen molar-refractivity contribution < 1.29 is 14.5 Å². The number of hydrogen-bond acceptors (Lipinski definition) is 5. The number of ether oxygens (including phenoxy) is 1. The molecule has 7 nitrogen and oxygen atoms in total. The Balaban J connectivity index is 1.69. The van der Waals surface area contributed by atoms with E-state index in [-0.39, 0.29) is 11.6 Å². The number of benzene rings is 2. The van der Waals surface area contributed by atoms with Gasteiger partial charge in [-0.3, -0.25) is 14.9 Å². The van der Waals surface area contributed by atoms with E-state index in [4.69, 9.17) is 4.74 Å². The van der Waals surface area contributed by atoms with Crippen LogP contribution in [0.5, 0.6) is 0 Å². The predicted molar refractivity (Wildman–Crippen MR) is 104 cm³/mol. The van der Waals surface area contributed by atoms with Crippen LogP contribution in [0.1, 0.15) is 15.9 Å². The van der Waals surface area contributed by atoms with E-state index in [0.29, 0.717) is 44.1 Å². The van der Waals surface area contributed by atoms with Crippen LogP contribution in [-0.2, 0) is 4.74 Å².